The van der Waals surface area contributed by atoms with Gasteiger partial charge in [0.2, 0.25) is 11.8 Å². The van der Waals surface area contributed by atoms with Gasteiger partial charge in [0.05, 0.1) is 13.2 Å². The van der Waals surface area contributed by atoms with Crippen molar-refractivity contribution in [3.63, 3.8) is 0 Å². The Morgan fingerprint density at radius 3 is 2.35 bits per heavy atom. The number of ether oxygens (including phenoxy) is 1. The van der Waals surface area contributed by atoms with Gasteiger partial charge in [-0.3, -0.25) is 9.59 Å². The van der Waals surface area contributed by atoms with Gasteiger partial charge in [0.15, 0.2) is 0 Å². The van der Waals surface area contributed by atoms with E-state index in [-0.39, 0.29) is 24.7 Å². The number of hydrogen-bond donors (Lipinski definition) is 1. The number of carboxylic acid groups (broad SMARTS) is 1. The number of carboxylic acids is 1. The molecule has 0 saturated carbocycles. The summed E-state index contributed by atoms with van der Waals surface area (Å²) in [6, 6.07) is -0.721. The van der Waals surface area contributed by atoms with E-state index in [1.165, 1.54) is 4.90 Å². The summed E-state index contributed by atoms with van der Waals surface area (Å²) in [5.74, 6) is -1.26. The number of aliphatic carboxylic acids is 1. The average Bonchev–Trinajstić information content (AvgIpc) is 2.95. The van der Waals surface area contributed by atoms with Crippen molar-refractivity contribution in [2.75, 3.05) is 32.8 Å². The molecule has 1 N–H and O–H groups in total. The number of rotatable bonds is 4. The van der Waals surface area contributed by atoms with E-state index in [9.17, 15) is 14.4 Å². The molecule has 2 rings (SSSR count). The van der Waals surface area contributed by atoms with Gasteiger partial charge < -0.3 is 19.6 Å². The molecule has 2 aliphatic rings. The van der Waals surface area contributed by atoms with Crippen LogP contribution >= 0.6 is 0 Å². The van der Waals surface area contributed by atoms with Crippen molar-refractivity contribution in [1.29, 1.82) is 0 Å². The summed E-state index contributed by atoms with van der Waals surface area (Å²) in [4.78, 5) is 38.0. The summed E-state index contributed by atoms with van der Waals surface area (Å²) in [6.07, 6.45) is 1.43. The molecule has 0 aliphatic carbocycles. The van der Waals surface area contributed by atoms with E-state index >= 15 is 0 Å². The molecule has 0 spiro atoms. The fourth-order valence-electron chi connectivity index (χ4n) is 2.65. The van der Waals surface area contributed by atoms with Gasteiger partial charge in [0.25, 0.3) is 0 Å². The third kappa shape index (κ3) is 3.47. The number of amides is 2. The van der Waals surface area contributed by atoms with Gasteiger partial charge in [0.1, 0.15) is 6.04 Å². The van der Waals surface area contributed by atoms with Crippen LogP contribution in [0.5, 0.6) is 0 Å². The second-order valence-corrected chi connectivity index (χ2v) is 5.08. The highest BCUT2D eigenvalue weighted by Crippen LogP contribution is 2.19. The normalized spacial score (nSPS) is 22.9. The molecule has 7 heteroatoms. The third-order valence-corrected chi connectivity index (χ3v) is 3.77. The summed E-state index contributed by atoms with van der Waals surface area (Å²) in [7, 11) is 0. The summed E-state index contributed by atoms with van der Waals surface area (Å²) in [5.41, 5.74) is 0. The molecule has 0 radical (unpaired) electrons. The molecule has 0 aromatic carbocycles. The summed E-state index contributed by atoms with van der Waals surface area (Å²) >= 11 is 0. The van der Waals surface area contributed by atoms with Crippen LogP contribution in [-0.2, 0) is 19.1 Å². The zero-order valence-corrected chi connectivity index (χ0v) is 11.4. The van der Waals surface area contributed by atoms with Crippen molar-refractivity contribution in [3.8, 4) is 0 Å². The highest BCUT2D eigenvalue weighted by atomic mass is 16.5. The van der Waals surface area contributed by atoms with Gasteiger partial charge in [-0.2, -0.15) is 0 Å². The van der Waals surface area contributed by atoms with E-state index < -0.39 is 12.0 Å². The largest absolute Gasteiger partial charge is 0.480 e. The Kier molecular flexibility index (Phi) is 4.94. The van der Waals surface area contributed by atoms with Crippen LogP contribution in [0.4, 0.5) is 0 Å². The first-order valence-electron chi connectivity index (χ1n) is 6.97. The lowest BCUT2D eigenvalue weighted by Gasteiger charge is -2.27. The van der Waals surface area contributed by atoms with Crippen LogP contribution in [0.1, 0.15) is 25.7 Å². The molecule has 2 amide bonds. The smallest absolute Gasteiger partial charge is 0.326 e. The fraction of sp³-hybridized carbons (Fsp3) is 0.769. The van der Waals surface area contributed by atoms with Crippen LogP contribution in [0.2, 0.25) is 0 Å². The third-order valence-electron chi connectivity index (χ3n) is 3.77. The molecule has 2 saturated heterocycles. The highest BCUT2D eigenvalue weighted by molar-refractivity contribution is 5.87. The van der Waals surface area contributed by atoms with Gasteiger partial charge in [-0.25, -0.2) is 4.79 Å². The molecular weight excluding hydrogens is 264 g/mol. The van der Waals surface area contributed by atoms with E-state index in [0.717, 1.165) is 0 Å². The first-order valence-corrected chi connectivity index (χ1v) is 6.97. The Morgan fingerprint density at radius 1 is 1.05 bits per heavy atom. The number of morpholine rings is 1. The minimum absolute atomic E-state index is 0.0623. The van der Waals surface area contributed by atoms with Crippen molar-refractivity contribution in [3.05, 3.63) is 0 Å². The van der Waals surface area contributed by atoms with Crippen LogP contribution in [0.3, 0.4) is 0 Å². The lowest BCUT2D eigenvalue weighted by Crippen LogP contribution is -2.43. The Balaban J connectivity index is 1.79. The molecule has 0 bridgehead atoms. The number of carbonyl (C=O) groups excluding carboxylic acids is 2. The van der Waals surface area contributed by atoms with Crippen LogP contribution in [-0.4, -0.2) is 71.6 Å². The predicted molar refractivity (Wildman–Crippen MR) is 69.0 cm³/mol. The van der Waals surface area contributed by atoms with E-state index in [2.05, 4.69) is 0 Å². The molecule has 2 heterocycles. The second kappa shape index (κ2) is 6.69. The molecule has 2 fully saturated rings. The highest BCUT2D eigenvalue weighted by Gasteiger charge is 2.33. The Bertz CT molecular complexity index is 392. The Hall–Kier alpha value is -1.63. The minimum atomic E-state index is -0.963. The molecule has 2 aliphatic heterocycles. The number of carbonyl (C=O) groups is 3. The number of hydrogen-bond acceptors (Lipinski definition) is 4. The molecule has 0 aromatic rings. The standard InChI is InChI=1S/C13H20N2O5/c16-11(14-6-8-20-9-7-14)3-4-12(17)15-5-1-2-10(15)13(18)19/h10H,1-9H2,(H,18,19). The van der Waals surface area contributed by atoms with Crippen LogP contribution in [0.15, 0.2) is 0 Å². The molecule has 0 aromatic heterocycles. The second-order valence-electron chi connectivity index (χ2n) is 5.08. The summed E-state index contributed by atoms with van der Waals surface area (Å²) in [6.45, 7) is 2.67. The minimum Gasteiger partial charge on any atom is -0.480 e. The first-order chi connectivity index (χ1) is 9.59. The zero-order chi connectivity index (χ0) is 14.5. The molecule has 7 nitrogen and oxygen atoms in total. The van der Waals surface area contributed by atoms with Crippen molar-refractivity contribution < 1.29 is 24.2 Å². The maximum absolute atomic E-state index is 12.0. The van der Waals surface area contributed by atoms with Crippen molar-refractivity contribution in [2.24, 2.45) is 0 Å². The fourth-order valence-corrected chi connectivity index (χ4v) is 2.65. The van der Waals surface area contributed by atoms with E-state index in [0.29, 0.717) is 45.7 Å². The van der Waals surface area contributed by atoms with E-state index in [4.69, 9.17) is 9.84 Å². The molecule has 1 atom stereocenters. The van der Waals surface area contributed by atoms with Gasteiger partial charge in [-0.05, 0) is 12.8 Å². The number of nitrogens with zero attached hydrogens (tertiary/aromatic N) is 2. The Labute approximate surface area is 117 Å². The average molecular weight is 284 g/mol. The zero-order valence-electron chi connectivity index (χ0n) is 11.4. The number of likely N-dealkylation sites (tertiary alicyclic amines) is 1. The maximum atomic E-state index is 12.0. The topological polar surface area (TPSA) is 87.2 Å². The Morgan fingerprint density at radius 2 is 1.70 bits per heavy atom. The molecule has 112 valence electrons. The predicted octanol–water partition coefficient (Wildman–Crippen LogP) is -0.299. The van der Waals surface area contributed by atoms with Crippen molar-refractivity contribution >= 4 is 17.8 Å². The first kappa shape index (κ1) is 14.8. The quantitative estimate of drug-likeness (QED) is 0.766. The van der Waals surface area contributed by atoms with Gasteiger partial charge >= 0.3 is 5.97 Å². The van der Waals surface area contributed by atoms with Crippen LogP contribution in [0.25, 0.3) is 0 Å². The summed E-state index contributed by atoms with van der Waals surface area (Å²) in [5, 5.41) is 9.03. The van der Waals surface area contributed by atoms with Gasteiger partial charge in [0, 0.05) is 32.5 Å². The monoisotopic (exact) mass is 284 g/mol. The SMILES string of the molecule is O=C(O)C1CCCN1C(=O)CCC(=O)N1CCOCC1. The van der Waals surface area contributed by atoms with Crippen molar-refractivity contribution in [2.45, 2.75) is 31.7 Å². The van der Waals surface area contributed by atoms with E-state index in [1.807, 2.05) is 0 Å². The van der Waals surface area contributed by atoms with Crippen LogP contribution < -0.4 is 0 Å². The lowest BCUT2D eigenvalue weighted by atomic mass is 10.2. The lowest BCUT2D eigenvalue weighted by molar-refractivity contribution is -0.148. The summed E-state index contributed by atoms with van der Waals surface area (Å²) < 4.78 is 5.16. The van der Waals surface area contributed by atoms with Crippen molar-refractivity contribution in [1.82, 2.24) is 9.80 Å². The molecule has 20 heavy (non-hydrogen) atoms. The van der Waals surface area contributed by atoms with Gasteiger partial charge in [-0.1, -0.05) is 0 Å². The maximum Gasteiger partial charge on any atom is 0.326 e. The van der Waals surface area contributed by atoms with Gasteiger partial charge in [-0.15, -0.1) is 0 Å². The molecular formula is C13H20N2O5. The van der Waals surface area contributed by atoms with Crippen LogP contribution in [0, 0.1) is 0 Å². The van der Waals surface area contributed by atoms with E-state index in [1.54, 1.807) is 4.90 Å². The molecule has 1 unspecified atom stereocenters.